The van der Waals surface area contributed by atoms with Crippen LogP contribution in [0.25, 0.3) is 0 Å². The predicted molar refractivity (Wildman–Crippen MR) is 122 cm³/mol. The molecule has 0 spiro atoms. The Hall–Kier alpha value is -2.99. The fourth-order valence-electron chi connectivity index (χ4n) is 3.19. The first-order valence-electron chi connectivity index (χ1n) is 9.88. The van der Waals surface area contributed by atoms with E-state index in [0.29, 0.717) is 41.7 Å². The molecule has 0 aliphatic carbocycles. The second-order valence-corrected chi connectivity index (χ2v) is 10.3. The van der Waals surface area contributed by atoms with Crippen LogP contribution in [0.5, 0.6) is 0 Å². The van der Waals surface area contributed by atoms with Crippen molar-refractivity contribution in [1.82, 2.24) is 9.21 Å². The summed E-state index contributed by atoms with van der Waals surface area (Å²) in [6, 6.07) is 12.5. The van der Waals surface area contributed by atoms with Crippen LogP contribution in [-0.4, -0.2) is 62.7 Å². The van der Waals surface area contributed by atoms with Gasteiger partial charge in [-0.3, -0.25) is 9.59 Å². The number of nitrogens with zero attached hydrogens (tertiary/aromatic N) is 2. The highest BCUT2D eigenvalue weighted by atomic mass is 32.2. The Morgan fingerprint density at radius 2 is 1.66 bits per heavy atom. The van der Waals surface area contributed by atoms with Gasteiger partial charge in [-0.1, -0.05) is 0 Å². The molecule has 0 atom stereocenters. The standard InChI is InChI=1S/C21H22N4O5S2/c1-24-10-12-25(13-11-24)32(28,29)16-6-4-15(5-7-16)22-21(27)18-8-9-19(31-18)23-20(26)17-3-2-14-30-17/h2-9,14H,10-13H2,1H3,(H,22,27)(H,23,26). The van der Waals surface area contributed by atoms with Crippen molar-refractivity contribution in [2.24, 2.45) is 0 Å². The van der Waals surface area contributed by atoms with Crippen molar-refractivity contribution in [3.63, 3.8) is 0 Å². The van der Waals surface area contributed by atoms with Gasteiger partial charge < -0.3 is 20.0 Å². The van der Waals surface area contributed by atoms with Crippen LogP contribution in [0.15, 0.2) is 64.1 Å². The minimum absolute atomic E-state index is 0.177. The average molecular weight is 475 g/mol. The molecule has 1 aromatic carbocycles. The zero-order valence-electron chi connectivity index (χ0n) is 17.3. The number of anilines is 2. The van der Waals surface area contributed by atoms with Gasteiger partial charge in [-0.15, -0.1) is 11.3 Å². The Balaban J connectivity index is 1.38. The Bertz CT molecular complexity index is 1200. The summed E-state index contributed by atoms with van der Waals surface area (Å²) in [6.07, 6.45) is 1.41. The molecule has 3 heterocycles. The third kappa shape index (κ3) is 4.91. The summed E-state index contributed by atoms with van der Waals surface area (Å²) in [6.45, 7) is 2.29. The molecule has 4 rings (SSSR count). The van der Waals surface area contributed by atoms with E-state index in [4.69, 9.17) is 4.42 Å². The average Bonchev–Trinajstić information content (AvgIpc) is 3.47. The Labute approximate surface area is 189 Å². The lowest BCUT2D eigenvalue weighted by Gasteiger charge is -2.31. The first kappa shape index (κ1) is 22.2. The minimum atomic E-state index is -3.56. The molecule has 2 amide bonds. The summed E-state index contributed by atoms with van der Waals surface area (Å²) in [5.74, 6) is -0.583. The van der Waals surface area contributed by atoms with Gasteiger partial charge in [0.15, 0.2) is 5.76 Å². The second kappa shape index (κ2) is 9.25. The lowest BCUT2D eigenvalue weighted by atomic mass is 10.3. The molecule has 2 N–H and O–H groups in total. The van der Waals surface area contributed by atoms with Gasteiger partial charge in [0.1, 0.15) is 0 Å². The van der Waals surface area contributed by atoms with Crippen molar-refractivity contribution < 1.29 is 22.4 Å². The van der Waals surface area contributed by atoms with Gasteiger partial charge in [0.25, 0.3) is 11.8 Å². The number of hydrogen-bond donors (Lipinski definition) is 2. The lowest BCUT2D eigenvalue weighted by molar-refractivity contribution is 0.0995. The Kier molecular flexibility index (Phi) is 6.42. The fourth-order valence-corrected chi connectivity index (χ4v) is 5.41. The van der Waals surface area contributed by atoms with E-state index in [9.17, 15) is 18.0 Å². The summed E-state index contributed by atoms with van der Waals surface area (Å²) in [5, 5.41) is 5.92. The molecular formula is C21H22N4O5S2. The van der Waals surface area contributed by atoms with Gasteiger partial charge in [-0.25, -0.2) is 8.42 Å². The Morgan fingerprint density at radius 3 is 2.31 bits per heavy atom. The molecule has 0 bridgehead atoms. The van der Waals surface area contributed by atoms with Crippen LogP contribution >= 0.6 is 11.3 Å². The molecule has 1 saturated heterocycles. The van der Waals surface area contributed by atoms with Crippen molar-refractivity contribution in [1.29, 1.82) is 0 Å². The third-order valence-corrected chi connectivity index (χ3v) is 7.94. The number of hydrogen-bond acceptors (Lipinski definition) is 7. The second-order valence-electron chi connectivity index (χ2n) is 7.28. The van der Waals surface area contributed by atoms with Crippen molar-refractivity contribution in [3.8, 4) is 0 Å². The zero-order valence-corrected chi connectivity index (χ0v) is 18.9. The molecule has 1 aliphatic heterocycles. The van der Waals surface area contributed by atoms with Gasteiger partial charge in [-0.2, -0.15) is 4.31 Å². The molecule has 0 saturated carbocycles. The van der Waals surface area contributed by atoms with Gasteiger partial charge in [0.05, 0.1) is 21.0 Å². The van der Waals surface area contributed by atoms with Gasteiger partial charge >= 0.3 is 0 Å². The summed E-state index contributed by atoms with van der Waals surface area (Å²) < 4.78 is 32.1. The molecule has 32 heavy (non-hydrogen) atoms. The summed E-state index contributed by atoms with van der Waals surface area (Å²) in [7, 11) is -1.60. The van der Waals surface area contributed by atoms with Crippen LogP contribution in [0.1, 0.15) is 20.2 Å². The number of likely N-dealkylation sites (N-methyl/N-ethyl adjacent to an activating group) is 1. The van der Waals surface area contributed by atoms with Crippen LogP contribution in [0.3, 0.4) is 0 Å². The number of benzene rings is 1. The predicted octanol–water partition coefficient (Wildman–Crippen LogP) is 2.78. The summed E-state index contributed by atoms with van der Waals surface area (Å²) in [5.41, 5.74) is 0.474. The molecule has 0 unspecified atom stereocenters. The normalized spacial score (nSPS) is 15.4. The number of thiophene rings is 1. The number of sulfonamides is 1. The van der Waals surface area contributed by atoms with E-state index in [0.717, 1.165) is 11.3 Å². The number of amides is 2. The number of nitrogens with one attached hydrogen (secondary N) is 2. The number of piperazine rings is 1. The SMILES string of the molecule is CN1CCN(S(=O)(=O)c2ccc(NC(=O)c3ccc(NC(=O)c4ccco4)s3)cc2)CC1. The van der Waals surface area contributed by atoms with Gasteiger partial charge in [0, 0.05) is 31.9 Å². The van der Waals surface area contributed by atoms with E-state index < -0.39 is 15.9 Å². The largest absolute Gasteiger partial charge is 0.459 e. The molecule has 0 radical (unpaired) electrons. The maximum absolute atomic E-state index is 12.8. The lowest BCUT2D eigenvalue weighted by Crippen LogP contribution is -2.46. The van der Waals surface area contributed by atoms with Crippen molar-refractivity contribution >= 4 is 43.9 Å². The van der Waals surface area contributed by atoms with Crippen molar-refractivity contribution in [2.45, 2.75) is 4.90 Å². The summed E-state index contributed by atoms with van der Waals surface area (Å²) in [4.78, 5) is 27.3. The number of carbonyl (C=O) groups is 2. The van der Waals surface area contributed by atoms with Gasteiger partial charge in [-0.05, 0) is 55.6 Å². The van der Waals surface area contributed by atoms with E-state index in [2.05, 4.69) is 15.5 Å². The first-order chi connectivity index (χ1) is 15.3. The zero-order chi connectivity index (χ0) is 22.7. The van der Waals surface area contributed by atoms with E-state index in [1.165, 1.54) is 22.7 Å². The van der Waals surface area contributed by atoms with Crippen LogP contribution in [0, 0.1) is 0 Å². The molecule has 168 valence electrons. The molecule has 2 aromatic heterocycles. The van der Waals surface area contributed by atoms with E-state index in [-0.39, 0.29) is 16.6 Å². The smallest absolute Gasteiger partial charge is 0.291 e. The van der Waals surface area contributed by atoms with E-state index >= 15 is 0 Å². The molecule has 1 aliphatic rings. The van der Waals surface area contributed by atoms with Crippen LogP contribution < -0.4 is 10.6 Å². The highest BCUT2D eigenvalue weighted by Crippen LogP contribution is 2.25. The monoisotopic (exact) mass is 474 g/mol. The van der Waals surface area contributed by atoms with E-state index in [1.54, 1.807) is 36.4 Å². The van der Waals surface area contributed by atoms with Crippen LogP contribution in [0.4, 0.5) is 10.7 Å². The van der Waals surface area contributed by atoms with Crippen LogP contribution in [-0.2, 0) is 10.0 Å². The van der Waals surface area contributed by atoms with Crippen LogP contribution in [0.2, 0.25) is 0 Å². The number of carbonyl (C=O) groups excluding carboxylic acids is 2. The maximum Gasteiger partial charge on any atom is 0.291 e. The Morgan fingerprint density at radius 1 is 0.938 bits per heavy atom. The molecule has 11 heteroatoms. The maximum atomic E-state index is 12.8. The topological polar surface area (TPSA) is 112 Å². The molecule has 3 aromatic rings. The van der Waals surface area contributed by atoms with E-state index in [1.807, 2.05) is 7.05 Å². The number of rotatable bonds is 6. The fraction of sp³-hybridized carbons (Fsp3) is 0.238. The molecular weight excluding hydrogens is 452 g/mol. The van der Waals surface area contributed by atoms with Gasteiger partial charge in [0.2, 0.25) is 10.0 Å². The number of furan rings is 1. The molecule has 1 fully saturated rings. The molecule has 9 nitrogen and oxygen atoms in total. The third-order valence-electron chi connectivity index (χ3n) is 5.02. The first-order valence-corrected chi connectivity index (χ1v) is 12.1. The summed E-state index contributed by atoms with van der Waals surface area (Å²) >= 11 is 1.12. The minimum Gasteiger partial charge on any atom is -0.459 e. The quantitative estimate of drug-likeness (QED) is 0.568. The van der Waals surface area contributed by atoms with Crippen molar-refractivity contribution in [3.05, 3.63) is 65.4 Å². The highest BCUT2D eigenvalue weighted by Gasteiger charge is 2.27. The van der Waals surface area contributed by atoms with Crippen molar-refractivity contribution in [2.75, 3.05) is 43.9 Å². The highest BCUT2D eigenvalue weighted by molar-refractivity contribution is 7.89.